The molecule has 0 saturated carbocycles. The molecule has 2 rings (SSSR count). The van der Waals surface area contributed by atoms with Gasteiger partial charge >= 0.3 is 5.97 Å². The minimum absolute atomic E-state index is 0.267. The number of aliphatic carboxylic acids is 1. The molecule has 0 aliphatic rings. The Bertz CT molecular complexity index is 561. The number of rotatable bonds is 7. The average molecular weight is 295 g/mol. The van der Waals surface area contributed by atoms with Crippen LogP contribution in [-0.2, 0) is 11.3 Å². The smallest absolute Gasteiger partial charge is 0.323 e. The second-order valence-corrected chi connectivity index (χ2v) is 5.39. The molecule has 0 fully saturated rings. The molecule has 0 spiro atoms. The Balaban J connectivity index is 2.06. The quantitative estimate of drug-likeness (QED) is 0.816. The number of nitrogens with one attached hydrogen (secondary N) is 1. The molecule has 20 heavy (non-hydrogen) atoms. The summed E-state index contributed by atoms with van der Waals surface area (Å²) in [6.07, 6.45) is 0.989. The number of nitrogens with zero attached hydrogens (tertiary/aromatic N) is 2. The van der Waals surface area contributed by atoms with Crippen LogP contribution in [-0.4, -0.2) is 26.8 Å². The van der Waals surface area contributed by atoms with Crippen molar-refractivity contribution >= 4 is 17.3 Å². The molecule has 0 bridgehead atoms. The third-order valence-electron chi connectivity index (χ3n) is 3.40. The third kappa shape index (κ3) is 2.88. The van der Waals surface area contributed by atoms with E-state index < -0.39 is 11.5 Å². The lowest BCUT2D eigenvalue weighted by molar-refractivity contribution is -0.145. The molecule has 108 valence electrons. The van der Waals surface area contributed by atoms with Crippen molar-refractivity contribution < 1.29 is 14.4 Å². The van der Waals surface area contributed by atoms with E-state index in [1.807, 2.05) is 31.4 Å². The molecule has 6 nitrogen and oxygen atoms in total. The molecule has 0 atom stereocenters. The molecule has 2 aromatic rings. The Morgan fingerprint density at radius 3 is 2.80 bits per heavy atom. The number of carbonyl (C=O) groups is 1. The zero-order valence-corrected chi connectivity index (χ0v) is 12.2. The van der Waals surface area contributed by atoms with E-state index in [1.165, 1.54) is 11.3 Å². The van der Waals surface area contributed by atoms with Crippen molar-refractivity contribution in [1.82, 2.24) is 15.5 Å². The maximum atomic E-state index is 11.4. The third-order valence-corrected chi connectivity index (χ3v) is 4.26. The van der Waals surface area contributed by atoms with E-state index in [-0.39, 0.29) is 6.54 Å². The minimum Gasteiger partial charge on any atom is -0.480 e. The molecule has 0 saturated heterocycles. The van der Waals surface area contributed by atoms with Gasteiger partial charge in [0.15, 0.2) is 5.82 Å². The number of thiophene rings is 1. The summed E-state index contributed by atoms with van der Waals surface area (Å²) >= 11 is 1.52. The molecule has 0 aliphatic carbocycles. The van der Waals surface area contributed by atoms with Crippen LogP contribution in [0.15, 0.2) is 22.0 Å². The Morgan fingerprint density at radius 2 is 2.25 bits per heavy atom. The zero-order valence-electron chi connectivity index (χ0n) is 11.4. The summed E-state index contributed by atoms with van der Waals surface area (Å²) in [7, 11) is 0. The molecule has 2 aromatic heterocycles. The fraction of sp³-hybridized carbons (Fsp3) is 0.462. The van der Waals surface area contributed by atoms with Crippen LogP contribution in [0.2, 0.25) is 0 Å². The summed E-state index contributed by atoms with van der Waals surface area (Å²) in [5.41, 5.74) is -0.941. The molecule has 0 radical (unpaired) electrons. The molecule has 0 amide bonds. The lowest BCUT2D eigenvalue weighted by atomic mass is 9.93. The second kappa shape index (κ2) is 6.15. The lowest BCUT2D eigenvalue weighted by Crippen LogP contribution is -2.50. The first-order valence-electron chi connectivity index (χ1n) is 6.46. The minimum atomic E-state index is -0.941. The van der Waals surface area contributed by atoms with Crippen LogP contribution < -0.4 is 5.32 Å². The van der Waals surface area contributed by atoms with Gasteiger partial charge in [-0.1, -0.05) is 25.1 Å². The molecular weight excluding hydrogens is 278 g/mol. The first-order chi connectivity index (χ1) is 9.61. The summed E-state index contributed by atoms with van der Waals surface area (Å²) in [6.45, 7) is 3.96. The lowest BCUT2D eigenvalue weighted by Gasteiger charge is -2.27. The van der Waals surface area contributed by atoms with Gasteiger partial charge in [0.1, 0.15) is 5.54 Å². The highest BCUT2D eigenvalue weighted by Crippen LogP contribution is 2.22. The number of carboxylic acids is 1. The van der Waals surface area contributed by atoms with Gasteiger partial charge in [-0.25, -0.2) is 0 Å². The van der Waals surface area contributed by atoms with Crippen LogP contribution in [0.1, 0.15) is 32.5 Å². The van der Waals surface area contributed by atoms with Crippen molar-refractivity contribution in [1.29, 1.82) is 0 Å². The van der Waals surface area contributed by atoms with E-state index in [4.69, 9.17) is 4.52 Å². The summed E-state index contributed by atoms with van der Waals surface area (Å²) in [4.78, 5) is 16.5. The SMILES string of the molecule is CCC(CC)(NCc1noc(-c2cccs2)n1)C(=O)O. The molecule has 2 N–H and O–H groups in total. The summed E-state index contributed by atoms with van der Waals surface area (Å²) in [5, 5.41) is 18.2. The largest absolute Gasteiger partial charge is 0.480 e. The van der Waals surface area contributed by atoms with Gasteiger partial charge < -0.3 is 9.63 Å². The second-order valence-electron chi connectivity index (χ2n) is 4.44. The number of aromatic nitrogens is 2. The fourth-order valence-electron chi connectivity index (χ4n) is 1.95. The van der Waals surface area contributed by atoms with Gasteiger partial charge in [-0.05, 0) is 24.3 Å². The molecular formula is C13H17N3O3S. The van der Waals surface area contributed by atoms with Gasteiger partial charge in [-0.15, -0.1) is 11.3 Å². The van der Waals surface area contributed by atoms with Crippen LogP contribution in [0.3, 0.4) is 0 Å². The van der Waals surface area contributed by atoms with E-state index in [2.05, 4.69) is 15.5 Å². The molecule has 0 aromatic carbocycles. The van der Waals surface area contributed by atoms with Gasteiger partial charge in [0.2, 0.25) is 0 Å². The molecule has 0 unspecified atom stereocenters. The van der Waals surface area contributed by atoms with Crippen LogP contribution >= 0.6 is 11.3 Å². The number of carboxylic acid groups (broad SMARTS) is 1. The van der Waals surface area contributed by atoms with Crippen LogP contribution in [0, 0.1) is 0 Å². The first-order valence-corrected chi connectivity index (χ1v) is 7.34. The Kier molecular flexibility index (Phi) is 4.51. The van der Waals surface area contributed by atoms with Gasteiger partial charge in [0.05, 0.1) is 11.4 Å². The van der Waals surface area contributed by atoms with Crippen LogP contribution in [0.5, 0.6) is 0 Å². The van der Waals surface area contributed by atoms with Gasteiger partial charge in [0.25, 0.3) is 5.89 Å². The average Bonchev–Trinajstić information content (AvgIpc) is 3.11. The van der Waals surface area contributed by atoms with Crippen molar-refractivity contribution in [2.75, 3.05) is 0 Å². The molecule has 2 heterocycles. The highest BCUT2D eigenvalue weighted by atomic mass is 32.1. The monoisotopic (exact) mass is 295 g/mol. The maximum Gasteiger partial charge on any atom is 0.323 e. The Morgan fingerprint density at radius 1 is 1.50 bits per heavy atom. The van der Waals surface area contributed by atoms with E-state index in [0.29, 0.717) is 24.6 Å². The standard InChI is InChI=1S/C13H17N3O3S/c1-3-13(4-2,12(17)18)14-8-10-15-11(19-16-10)9-6-5-7-20-9/h5-7,14H,3-4,8H2,1-2H3,(H,17,18). The van der Waals surface area contributed by atoms with E-state index in [0.717, 1.165) is 4.88 Å². The Labute approximate surface area is 120 Å². The van der Waals surface area contributed by atoms with Gasteiger partial charge in [-0.3, -0.25) is 10.1 Å². The summed E-state index contributed by atoms with van der Waals surface area (Å²) in [5.74, 6) is 0.0659. The maximum absolute atomic E-state index is 11.4. The molecule has 7 heteroatoms. The van der Waals surface area contributed by atoms with Crippen LogP contribution in [0.4, 0.5) is 0 Å². The van der Waals surface area contributed by atoms with Gasteiger partial charge in [-0.2, -0.15) is 4.98 Å². The first kappa shape index (κ1) is 14.7. The summed E-state index contributed by atoms with van der Waals surface area (Å²) < 4.78 is 5.16. The zero-order chi connectivity index (χ0) is 14.6. The topological polar surface area (TPSA) is 88.3 Å². The van der Waals surface area contributed by atoms with Crippen molar-refractivity contribution in [3.05, 3.63) is 23.3 Å². The summed E-state index contributed by atoms with van der Waals surface area (Å²) in [6, 6.07) is 3.81. The molecule has 0 aliphatic heterocycles. The predicted molar refractivity (Wildman–Crippen MR) is 75.4 cm³/mol. The van der Waals surface area contributed by atoms with Crippen molar-refractivity contribution in [2.24, 2.45) is 0 Å². The normalized spacial score (nSPS) is 11.7. The van der Waals surface area contributed by atoms with Crippen molar-refractivity contribution in [3.63, 3.8) is 0 Å². The highest BCUT2D eigenvalue weighted by Gasteiger charge is 2.34. The predicted octanol–water partition coefficient (Wildman–Crippen LogP) is 2.53. The van der Waals surface area contributed by atoms with Crippen molar-refractivity contribution in [2.45, 2.75) is 38.8 Å². The highest BCUT2D eigenvalue weighted by molar-refractivity contribution is 7.13. The number of hydrogen-bond acceptors (Lipinski definition) is 6. The van der Waals surface area contributed by atoms with E-state index >= 15 is 0 Å². The van der Waals surface area contributed by atoms with E-state index in [9.17, 15) is 9.90 Å². The Hall–Kier alpha value is -1.73. The van der Waals surface area contributed by atoms with Crippen molar-refractivity contribution in [3.8, 4) is 10.8 Å². The number of hydrogen-bond donors (Lipinski definition) is 2. The fourth-order valence-corrected chi connectivity index (χ4v) is 2.60. The van der Waals surface area contributed by atoms with E-state index in [1.54, 1.807) is 0 Å². The van der Waals surface area contributed by atoms with Crippen LogP contribution in [0.25, 0.3) is 10.8 Å². The van der Waals surface area contributed by atoms with Gasteiger partial charge in [0, 0.05) is 0 Å².